The lowest BCUT2D eigenvalue weighted by atomic mass is 9.97. The lowest BCUT2D eigenvalue weighted by molar-refractivity contribution is -0.169. The fourth-order valence-corrected chi connectivity index (χ4v) is 2.86. The van der Waals surface area contributed by atoms with Crippen molar-refractivity contribution in [3.05, 3.63) is 41.7 Å². The van der Waals surface area contributed by atoms with E-state index in [1.165, 1.54) is 5.56 Å². The van der Waals surface area contributed by atoms with E-state index in [2.05, 4.69) is 60.7 Å². The summed E-state index contributed by atoms with van der Waals surface area (Å²) in [7, 11) is 0. The minimum Gasteiger partial charge on any atom is -0.353 e. The Morgan fingerprint density at radius 2 is 2.04 bits per heavy atom. The minimum absolute atomic E-state index is 0.103. The summed E-state index contributed by atoms with van der Waals surface area (Å²) in [5, 5.41) is 11.9. The summed E-state index contributed by atoms with van der Waals surface area (Å²) in [6, 6.07) is 8.38. The molecule has 2 heterocycles. The molecule has 1 fully saturated rings. The van der Waals surface area contributed by atoms with Crippen LogP contribution >= 0.6 is 0 Å². The van der Waals surface area contributed by atoms with Gasteiger partial charge in [0, 0.05) is 19.7 Å². The van der Waals surface area contributed by atoms with Gasteiger partial charge in [0.1, 0.15) is 5.69 Å². The molecule has 0 saturated carbocycles. The van der Waals surface area contributed by atoms with Crippen molar-refractivity contribution >= 4 is 0 Å². The van der Waals surface area contributed by atoms with Crippen LogP contribution < -0.4 is 5.32 Å². The molecule has 6 nitrogen and oxygen atoms in total. The van der Waals surface area contributed by atoms with Crippen molar-refractivity contribution in [1.82, 2.24) is 20.3 Å². The van der Waals surface area contributed by atoms with Gasteiger partial charge in [-0.15, -0.1) is 5.10 Å². The van der Waals surface area contributed by atoms with Crippen molar-refractivity contribution in [2.45, 2.75) is 59.5 Å². The molecule has 0 bridgehead atoms. The van der Waals surface area contributed by atoms with Gasteiger partial charge in [-0.05, 0) is 42.4 Å². The first kappa shape index (κ1) is 19.0. The molecular formula is C20H30N4O2. The number of aromatic nitrogens is 3. The van der Waals surface area contributed by atoms with E-state index >= 15 is 0 Å². The van der Waals surface area contributed by atoms with Crippen molar-refractivity contribution in [2.75, 3.05) is 13.2 Å². The Morgan fingerprint density at radius 1 is 1.23 bits per heavy atom. The molecule has 1 N–H and O–H groups in total. The van der Waals surface area contributed by atoms with Crippen LogP contribution in [0.1, 0.15) is 51.3 Å². The Labute approximate surface area is 155 Å². The van der Waals surface area contributed by atoms with Crippen LogP contribution in [0.4, 0.5) is 0 Å². The van der Waals surface area contributed by atoms with Crippen LogP contribution in [0.5, 0.6) is 0 Å². The second-order valence-corrected chi connectivity index (χ2v) is 8.09. The predicted octanol–water partition coefficient (Wildman–Crippen LogP) is 3.45. The van der Waals surface area contributed by atoms with Gasteiger partial charge in [0.15, 0.2) is 6.29 Å². The highest BCUT2D eigenvalue weighted by Crippen LogP contribution is 2.16. The van der Waals surface area contributed by atoms with Gasteiger partial charge >= 0.3 is 0 Å². The average Bonchev–Trinajstić information content (AvgIpc) is 3.09. The number of hydrogen-bond acceptors (Lipinski definition) is 5. The molecule has 1 atom stereocenters. The molecule has 1 aromatic heterocycles. The van der Waals surface area contributed by atoms with E-state index < -0.39 is 0 Å². The highest BCUT2D eigenvalue weighted by molar-refractivity contribution is 5.33. The molecule has 1 saturated heterocycles. The summed E-state index contributed by atoms with van der Waals surface area (Å²) in [6.45, 7) is 9.77. The van der Waals surface area contributed by atoms with Crippen molar-refractivity contribution in [2.24, 2.45) is 5.41 Å². The molecule has 1 aliphatic rings. The Morgan fingerprint density at radius 3 is 2.73 bits per heavy atom. The second-order valence-electron chi connectivity index (χ2n) is 8.09. The Hall–Kier alpha value is -1.76. The third-order valence-electron chi connectivity index (χ3n) is 4.28. The van der Waals surface area contributed by atoms with E-state index in [9.17, 15) is 0 Å². The lowest BCUT2D eigenvalue weighted by Crippen LogP contribution is -2.26. The van der Waals surface area contributed by atoms with Gasteiger partial charge in [-0.25, -0.2) is 4.68 Å². The molecule has 1 unspecified atom stereocenters. The third kappa shape index (κ3) is 5.90. The molecule has 1 aliphatic heterocycles. The van der Waals surface area contributed by atoms with E-state index in [1.807, 2.05) is 6.20 Å². The van der Waals surface area contributed by atoms with Gasteiger partial charge in [0.2, 0.25) is 0 Å². The SMILES string of the molecule is CC(C)(C)CNCc1ccc(-n2cc(COC3CCCCO3)nn2)cc1. The van der Waals surface area contributed by atoms with Crippen LogP contribution in [-0.2, 0) is 22.6 Å². The quantitative estimate of drug-likeness (QED) is 0.821. The van der Waals surface area contributed by atoms with E-state index in [0.29, 0.717) is 12.0 Å². The number of nitrogens with one attached hydrogen (secondary N) is 1. The van der Waals surface area contributed by atoms with E-state index in [0.717, 1.165) is 50.3 Å². The van der Waals surface area contributed by atoms with Crippen molar-refractivity contribution in [1.29, 1.82) is 0 Å². The van der Waals surface area contributed by atoms with Crippen LogP contribution in [0, 0.1) is 5.41 Å². The fraction of sp³-hybridized carbons (Fsp3) is 0.600. The van der Waals surface area contributed by atoms with Gasteiger partial charge in [-0.3, -0.25) is 0 Å². The number of benzene rings is 1. The van der Waals surface area contributed by atoms with Crippen LogP contribution in [-0.4, -0.2) is 34.4 Å². The van der Waals surface area contributed by atoms with Crippen molar-refractivity contribution in [3.8, 4) is 5.69 Å². The van der Waals surface area contributed by atoms with Crippen molar-refractivity contribution in [3.63, 3.8) is 0 Å². The highest BCUT2D eigenvalue weighted by atomic mass is 16.7. The molecule has 0 radical (unpaired) electrons. The summed E-state index contributed by atoms with van der Waals surface area (Å²) in [5.74, 6) is 0. The topological polar surface area (TPSA) is 61.2 Å². The van der Waals surface area contributed by atoms with Gasteiger partial charge in [0.05, 0.1) is 18.5 Å². The summed E-state index contributed by atoms with van der Waals surface area (Å²) in [4.78, 5) is 0. The number of hydrogen-bond donors (Lipinski definition) is 1. The maximum absolute atomic E-state index is 5.76. The van der Waals surface area contributed by atoms with Gasteiger partial charge in [-0.1, -0.05) is 38.1 Å². The first-order valence-electron chi connectivity index (χ1n) is 9.44. The smallest absolute Gasteiger partial charge is 0.158 e. The Kier molecular flexibility index (Phi) is 6.40. The van der Waals surface area contributed by atoms with E-state index in [-0.39, 0.29) is 6.29 Å². The molecule has 0 aliphatic carbocycles. The van der Waals surface area contributed by atoms with Crippen LogP contribution in [0.15, 0.2) is 30.5 Å². The van der Waals surface area contributed by atoms with Gasteiger partial charge < -0.3 is 14.8 Å². The molecule has 2 aromatic rings. The summed E-state index contributed by atoms with van der Waals surface area (Å²) in [5.41, 5.74) is 3.37. The average molecular weight is 358 g/mol. The second kappa shape index (κ2) is 8.75. The fourth-order valence-electron chi connectivity index (χ4n) is 2.86. The van der Waals surface area contributed by atoms with Crippen LogP contribution in [0.2, 0.25) is 0 Å². The Bertz CT molecular complexity index is 670. The molecule has 26 heavy (non-hydrogen) atoms. The van der Waals surface area contributed by atoms with E-state index in [4.69, 9.17) is 9.47 Å². The number of rotatable bonds is 7. The van der Waals surface area contributed by atoms with Crippen LogP contribution in [0.3, 0.4) is 0 Å². The molecular weight excluding hydrogens is 328 g/mol. The zero-order valence-corrected chi connectivity index (χ0v) is 16.1. The summed E-state index contributed by atoms with van der Waals surface area (Å²) < 4.78 is 13.1. The summed E-state index contributed by atoms with van der Waals surface area (Å²) >= 11 is 0. The maximum atomic E-state index is 5.76. The first-order chi connectivity index (χ1) is 12.5. The Balaban J connectivity index is 1.50. The first-order valence-corrected chi connectivity index (χ1v) is 9.44. The monoisotopic (exact) mass is 358 g/mol. The summed E-state index contributed by atoms with van der Waals surface area (Å²) in [6.07, 6.45) is 5.05. The standard InChI is InChI=1S/C20H30N4O2/c1-20(2,3)15-21-12-16-7-9-18(10-8-16)24-13-17(22-23-24)14-26-19-6-4-5-11-25-19/h7-10,13,19,21H,4-6,11-12,14-15H2,1-3H3. The van der Waals surface area contributed by atoms with Crippen LogP contribution in [0.25, 0.3) is 5.69 Å². The largest absolute Gasteiger partial charge is 0.353 e. The molecule has 1 aromatic carbocycles. The van der Waals surface area contributed by atoms with Gasteiger partial charge in [0.25, 0.3) is 0 Å². The van der Waals surface area contributed by atoms with E-state index in [1.54, 1.807) is 4.68 Å². The molecule has 0 amide bonds. The molecule has 3 rings (SSSR count). The number of ether oxygens (including phenoxy) is 2. The molecule has 142 valence electrons. The predicted molar refractivity (Wildman–Crippen MR) is 101 cm³/mol. The number of nitrogens with zero attached hydrogens (tertiary/aromatic N) is 3. The van der Waals surface area contributed by atoms with Crippen molar-refractivity contribution < 1.29 is 9.47 Å². The lowest BCUT2D eigenvalue weighted by Gasteiger charge is -2.22. The van der Waals surface area contributed by atoms with Gasteiger partial charge in [-0.2, -0.15) is 0 Å². The normalized spacial score (nSPS) is 18.2. The maximum Gasteiger partial charge on any atom is 0.158 e. The molecule has 6 heteroatoms. The third-order valence-corrected chi connectivity index (χ3v) is 4.28. The zero-order valence-electron chi connectivity index (χ0n) is 16.1. The molecule has 0 spiro atoms. The zero-order chi connectivity index (χ0) is 18.4. The highest BCUT2D eigenvalue weighted by Gasteiger charge is 2.15. The minimum atomic E-state index is -0.103.